The fraction of sp³-hybridized carbons (Fsp3) is 0.211. The number of rotatable bonds is 3. The lowest BCUT2D eigenvalue weighted by molar-refractivity contribution is -0.137. The van der Waals surface area contributed by atoms with Crippen molar-refractivity contribution in [1.82, 2.24) is 9.55 Å². The van der Waals surface area contributed by atoms with Crippen molar-refractivity contribution in [2.75, 3.05) is 0 Å². The van der Waals surface area contributed by atoms with Gasteiger partial charge in [0.25, 0.3) is 0 Å². The van der Waals surface area contributed by atoms with Gasteiger partial charge in [-0.1, -0.05) is 35.9 Å². The first-order chi connectivity index (χ1) is 11.8. The summed E-state index contributed by atoms with van der Waals surface area (Å²) in [5.41, 5.74) is 2.98. The number of alkyl halides is 3. The summed E-state index contributed by atoms with van der Waals surface area (Å²) >= 11 is 6.21. The van der Waals surface area contributed by atoms with E-state index in [4.69, 9.17) is 11.6 Å². The van der Waals surface area contributed by atoms with Gasteiger partial charge in [-0.2, -0.15) is 13.2 Å². The highest BCUT2D eigenvalue weighted by Gasteiger charge is 2.31. The van der Waals surface area contributed by atoms with Crippen molar-refractivity contribution in [2.45, 2.75) is 26.4 Å². The first kappa shape index (κ1) is 17.5. The highest BCUT2D eigenvalue weighted by molar-refractivity contribution is 6.31. The third-order valence-corrected chi connectivity index (χ3v) is 4.63. The highest BCUT2D eigenvalue weighted by Crippen LogP contribution is 2.33. The Morgan fingerprint density at radius 1 is 1.04 bits per heavy atom. The summed E-state index contributed by atoms with van der Waals surface area (Å²) in [5, 5.41) is 0.590. The zero-order valence-electron chi connectivity index (χ0n) is 13.7. The maximum atomic E-state index is 13.2. The second kappa shape index (κ2) is 6.56. The largest absolute Gasteiger partial charge is 0.416 e. The maximum absolute atomic E-state index is 13.2. The second-order valence-corrected chi connectivity index (χ2v) is 6.30. The smallest absolute Gasteiger partial charge is 0.303 e. The van der Waals surface area contributed by atoms with Crippen molar-refractivity contribution in [3.8, 4) is 5.69 Å². The summed E-state index contributed by atoms with van der Waals surface area (Å²) in [7, 11) is 0. The van der Waals surface area contributed by atoms with Crippen LogP contribution < -0.4 is 0 Å². The number of nitrogens with zero attached hydrogens (tertiary/aromatic N) is 2. The number of hydrogen-bond donors (Lipinski definition) is 0. The molecule has 3 rings (SSSR count). The Hall–Kier alpha value is -2.27. The Balaban J connectivity index is 2.15. The van der Waals surface area contributed by atoms with E-state index in [0.717, 1.165) is 28.6 Å². The zero-order chi connectivity index (χ0) is 18.2. The molecule has 0 atom stereocenters. The maximum Gasteiger partial charge on any atom is 0.416 e. The van der Waals surface area contributed by atoms with Crippen molar-refractivity contribution in [1.29, 1.82) is 0 Å². The van der Waals surface area contributed by atoms with E-state index in [1.165, 1.54) is 12.1 Å². The van der Waals surface area contributed by atoms with Gasteiger partial charge in [-0.3, -0.25) is 0 Å². The molecule has 0 aliphatic carbocycles. The summed E-state index contributed by atoms with van der Waals surface area (Å²) < 4.78 is 41.2. The van der Waals surface area contributed by atoms with Crippen molar-refractivity contribution in [3.05, 3.63) is 81.9 Å². The lowest BCUT2D eigenvalue weighted by Gasteiger charge is -2.16. The van der Waals surface area contributed by atoms with Gasteiger partial charge in [0.2, 0.25) is 0 Å². The minimum Gasteiger partial charge on any atom is -0.303 e. The van der Waals surface area contributed by atoms with Crippen LogP contribution in [0.2, 0.25) is 5.02 Å². The molecule has 6 heteroatoms. The summed E-state index contributed by atoms with van der Waals surface area (Å²) in [6.07, 6.45) is -2.42. The van der Waals surface area contributed by atoms with E-state index >= 15 is 0 Å². The standard InChI is InChI=1S/C19H16ClF3N2/c1-12-13(2)25(11-24-12)18-10-16(19(21,22)23)8-7-15(18)9-14-5-3-4-6-17(14)20/h3-8,10-11H,9H2,1-2H3. The Morgan fingerprint density at radius 3 is 2.36 bits per heavy atom. The molecule has 0 unspecified atom stereocenters. The third-order valence-electron chi connectivity index (χ3n) is 4.26. The van der Waals surface area contributed by atoms with Gasteiger partial charge < -0.3 is 4.57 Å². The molecule has 0 saturated heterocycles. The summed E-state index contributed by atoms with van der Waals surface area (Å²) in [5.74, 6) is 0. The van der Waals surface area contributed by atoms with E-state index in [9.17, 15) is 13.2 Å². The van der Waals surface area contributed by atoms with Gasteiger partial charge in [-0.25, -0.2) is 4.98 Å². The molecule has 0 bridgehead atoms. The van der Waals surface area contributed by atoms with Crippen molar-refractivity contribution < 1.29 is 13.2 Å². The third kappa shape index (κ3) is 3.56. The summed E-state index contributed by atoms with van der Waals surface area (Å²) in [6, 6.07) is 11.1. The summed E-state index contributed by atoms with van der Waals surface area (Å²) in [4.78, 5) is 4.21. The lowest BCUT2D eigenvalue weighted by atomic mass is 10.0. The molecule has 0 amide bonds. The predicted octanol–water partition coefficient (Wildman–Crippen LogP) is 5.75. The van der Waals surface area contributed by atoms with Gasteiger partial charge in [0.15, 0.2) is 0 Å². The molecule has 0 aliphatic rings. The Kier molecular flexibility index (Phi) is 4.60. The van der Waals surface area contributed by atoms with E-state index in [1.807, 2.05) is 32.0 Å². The SMILES string of the molecule is Cc1ncn(-c2cc(C(F)(F)F)ccc2Cc2ccccc2Cl)c1C. The van der Waals surface area contributed by atoms with Crippen LogP contribution in [0.15, 0.2) is 48.8 Å². The average Bonchev–Trinajstić information content (AvgIpc) is 2.88. The molecular formula is C19H16ClF3N2. The van der Waals surface area contributed by atoms with Gasteiger partial charge in [-0.05, 0) is 43.2 Å². The molecule has 1 aromatic heterocycles. The van der Waals surface area contributed by atoms with Crippen molar-refractivity contribution >= 4 is 11.6 Å². The van der Waals surface area contributed by atoms with Crippen molar-refractivity contribution in [3.63, 3.8) is 0 Å². The fourth-order valence-corrected chi connectivity index (χ4v) is 2.90. The molecule has 0 fully saturated rings. The van der Waals surface area contributed by atoms with Crippen LogP contribution in [-0.2, 0) is 12.6 Å². The van der Waals surface area contributed by atoms with Crippen LogP contribution in [0, 0.1) is 13.8 Å². The number of benzene rings is 2. The van der Waals surface area contributed by atoms with Crippen LogP contribution in [0.25, 0.3) is 5.69 Å². The molecule has 2 nitrogen and oxygen atoms in total. The Labute approximate surface area is 148 Å². The van der Waals surface area contributed by atoms with E-state index in [1.54, 1.807) is 17.0 Å². The van der Waals surface area contributed by atoms with Gasteiger partial charge >= 0.3 is 6.18 Å². The van der Waals surface area contributed by atoms with Gasteiger partial charge in [-0.15, -0.1) is 0 Å². The molecule has 0 spiro atoms. The molecule has 0 N–H and O–H groups in total. The molecule has 130 valence electrons. The van der Waals surface area contributed by atoms with E-state index in [2.05, 4.69) is 4.98 Å². The molecule has 3 aromatic rings. The highest BCUT2D eigenvalue weighted by atomic mass is 35.5. The molecule has 0 aliphatic heterocycles. The normalized spacial score (nSPS) is 11.8. The number of hydrogen-bond acceptors (Lipinski definition) is 1. The van der Waals surface area contributed by atoms with Crippen LogP contribution in [-0.4, -0.2) is 9.55 Å². The number of imidazole rings is 1. The number of aryl methyl sites for hydroxylation is 1. The van der Waals surface area contributed by atoms with Crippen LogP contribution in [0.3, 0.4) is 0 Å². The molecule has 1 heterocycles. The number of halogens is 4. The predicted molar refractivity (Wildman–Crippen MR) is 92.3 cm³/mol. The van der Waals surface area contributed by atoms with Crippen LogP contribution in [0.5, 0.6) is 0 Å². The molecule has 25 heavy (non-hydrogen) atoms. The van der Waals surface area contributed by atoms with Crippen LogP contribution in [0.4, 0.5) is 13.2 Å². The minimum atomic E-state index is -4.40. The van der Waals surface area contributed by atoms with Crippen LogP contribution in [0.1, 0.15) is 28.1 Å². The molecular weight excluding hydrogens is 349 g/mol. The lowest BCUT2D eigenvalue weighted by Crippen LogP contribution is -2.09. The second-order valence-electron chi connectivity index (χ2n) is 5.89. The number of aromatic nitrogens is 2. The van der Waals surface area contributed by atoms with Gasteiger partial charge in [0.1, 0.15) is 0 Å². The fourth-order valence-electron chi connectivity index (χ4n) is 2.70. The Morgan fingerprint density at radius 2 is 1.76 bits per heavy atom. The molecule has 0 radical (unpaired) electrons. The first-order valence-electron chi connectivity index (χ1n) is 7.72. The van der Waals surface area contributed by atoms with Crippen molar-refractivity contribution in [2.24, 2.45) is 0 Å². The first-order valence-corrected chi connectivity index (χ1v) is 8.09. The quantitative estimate of drug-likeness (QED) is 0.578. The van der Waals surface area contributed by atoms with E-state index in [-0.39, 0.29) is 0 Å². The monoisotopic (exact) mass is 364 g/mol. The van der Waals surface area contributed by atoms with E-state index in [0.29, 0.717) is 17.1 Å². The van der Waals surface area contributed by atoms with Gasteiger partial charge in [0.05, 0.1) is 23.3 Å². The van der Waals surface area contributed by atoms with E-state index < -0.39 is 11.7 Å². The molecule has 2 aromatic carbocycles. The molecule has 0 saturated carbocycles. The Bertz CT molecular complexity index is 913. The topological polar surface area (TPSA) is 17.8 Å². The zero-order valence-corrected chi connectivity index (χ0v) is 14.5. The van der Waals surface area contributed by atoms with Gasteiger partial charge in [0, 0.05) is 17.1 Å². The van der Waals surface area contributed by atoms with Crippen LogP contribution >= 0.6 is 11.6 Å². The minimum absolute atomic E-state index is 0.434. The summed E-state index contributed by atoms with van der Waals surface area (Å²) in [6.45, 7) is 3.66. The average molecular weight is 365 g/mol.